The fourth-order valence-corrected chi connectivity index (χ4v) is 11.5. The van der Waals surface area contributed by atoms with Gasteiger partial charge in [-0.25, -0.2) is 9.88 Å². The van der Waals surface area contributed by atoms with E-state index in [9.17, 15) is 27.9 Å². The van der Waals surface area contributed by atoms with Gasteiger partial charge in [0.2, 0.25) is 11.8 Å². The molecule has 5 aromatic rings. The van der Waals surface area contributed by atoms with Crippen LogP contribution in [0.3, 0.4) is 0 Å². The molecule has 0 spiro atoms. The van der Waals surface area contributed by atoms with E-state index < -0.39 is 76.3 Å². The van der Waals surface area contributed by atoms with Gasteiger partial charge in [0.1, 0.15) is 17.2 Å². The fraction of sp³-hybridized carbons (Fsp3) is 0.349. The number of nitrogens with zero attached hydrogens (tertiary/aromatic N) is 6. The third kappa shape index (κ3) is 6.07. The highest BCUT2D eigenvalue weighted by molar-refractivity contribution is 7.22. The number of amides is 4. The Hall–Kier alpha value is -5.45. The Morgan fingerprint density at radius 1 is 1.02 bits per heavy atom. The molecule has 1 saturated carbocycles. The second-order valence-corrected chi connectivity index (χ2v) is 17.9. The second-order valence-electron chi connectivity index (χ2n) is 16.0. The number of alkyl halides is 3. The van der Waals surface area contributed by atoms with Crippen molar-refractivity contribution in [3.63, 3.8) is 0 Å². The molecule has 4 amide bonds. The van der Waals surface area contributed by atoms with Crippen molar-refractivity contribution in [2.45, 2.75) is 45.7 Å². The first-order valence-electron chi connectivity index (χ1n) is 19.5. The van der Waals surface area contributed by atoms with E-state index in [-0.39, 0.29) is 41.8 Å². The summed E-state index contributed by atoms with van der Waals surface area (Å²) in [7, 11) is 2.90. The molecule has 0 bridgehead atoms. The third-order valence-electron chi connectivity index (χ3n) is 12.8. The van der Waals surface area contributed by atoms with E-state index in [0.29, 0.717) is 27.9 Å². The van der Waals surface area contributed by atoms with E-state index in [1.165, 1.54) is 29.1 Å². The molecule has 2 aliphatic carbocycles. The summed E-state index contributed by atoms with van der Waals surface area (Å²) in [5, 5.41) is 18.6. The molecule has 2 saturated heterocycles. The number of pyridine rings is 1. The van der Waals surface area contributed by atoms with Crippen LogP contribution in [0.25, 0.3) is 20.7 Å². The van der Waals surface area contributed by atoms with Gasteiger partial charge in [-0.3, -0.25) is 28.9 Å². The van der Waals surface area contributed by atoms with Crippen LogP contribution in [0.2, 0.25) is 10.0 Å². The molecule has 18 heteroatoms. The van der Waals surface area contributed by atoms with Gasteiger partial charge in [-0.2, -0.15) is 23.3 Å². The van der Waals surface area contributed by atoms with E-state index >= 15 is 9.59 Å². The van der Waals surface area contributed by atoms with Crippen molar-refractivity contribution in [2.24, 2.45) is 36.1 Å². The number of carbonyl (C=O) groups is 4. The average Bonchev–Trinajstić information content (AvgIpc) is 3.88. The fourth-order valence-electron chi connectivity index (χ4n) is 10.0. The number of fused-ring (bicyclic) bond motifs is 5. The minimum absolute atomic E-state index is 0.0114. The van der Waals surface area contributed by atoms with Crippen molar-refractivity contribution in [1.82, 2.24) is 19.8 Å². The van der Waals surface area contributed by atoms with Crippen LogP contribution in [-0.2, 0) is 32.4 Å². The second kappa shape index (κ2) is 14.3. The number of ether oxygens (including phenoxy) is 1. The number of phenolic OH excluding ortho intramolecular Hbond substituents is 1. The number of halogens is 5. The van der Waals surface area contributed by atoms with E-state index in [0.717, 1.165) is 41.5 Å². The SMILES string of the molecule is CCOc1cc([C@H]2C3=CC[C@@H]4C(=O)N(N(C)c5nc(C(F)(F)F)ccc5Cl)C(=O)[C@@H]4[C@@H]3C[C@H]3C(=O)N(c4cc(-c5sc6ccc(Cl)cc6c5C)nn4C)C(=O)[C@@]23C)ccc1O. The van der Waals surface area contributed by atoms with Gasteiger partial charge >= 0.3 is 6.18 Å². The summed E-state index contributed by atoms with van der Waals surface area (Å²) >= 11 is 14.1. The van der Waals surface area contributed by atoms with Gasteiger partial charge in [0.15, 0.2) is 17.3 Å². The molecule has 3 fully saturated rings. The van der Waals surface area contributed by atoms with Crippen LogP contribution >= 0.6 is 34.5 Å². The molecule has 12 nitrogen and oxygen atoms in total. The normalized spacial score (nSPS) is 25.0. The van der Waals surface area contributed by atoms with E-state index in [2.05, 4.69) is 4.98 Å². The standard InChI is InChI=1S/C43H37Cl2F3N6O6S/c1-6-60-30-15-20(7-12-29(30)55)35-22-9-10-23-34(40(58)54(38(23)56)52(5)37-27(45)11-14-32(49-37)43(46,47)48)25(22)17-26-39(57)53(41(59)42(26,35)3)33-18-28(50-51(33)4)36-19(2)24-16-21(44)8-13-31(24)61-36/h7-9,11-16,18,23,25-26,34-35,55H,6,10,17H2,1-5H3/t23-,25+,26-,34-,35-,42+/m0/s1. The lowest BCUT2D eigenvalue weighted by Gasteiger charge is -2.49. The van der Waals surface area contributed by atoms with E-state index in [1.807, 2.05) is 31.2 Å². The Bertz CT molecular complexity index is 2770. The monoisotopic (exact) mass is 892 g/mol. The maximum Gasteiger partial charge on any atom is 0.433 e. The molecule has 0 radical (unpaired) electrons. The molecule has 5 heterocycles. The molecule has 2 aliphatic heterocycles. The number of hydrogen-bond donors (Lipinski definition) is 1. The van der Waals surface area contributed by atoms with Crippen molar-refractivity contribution in [3.8, 4) is 22.1 Å². The van der Waals surface area contributed by atoms with Crippen molar-refractivity contribution < 1.29 is 42.2 Å². The molecule has 6 atom stereocenters. The van der Waals surface area contributed by atoms with Crippen LogP contribution in [0.4, 0.5) is 24.8 Å². The van der Waals surface area contributed by atoms with Gasteiger partial charge in [0.25, 0.3) is 11.8 Å². The van der Waals surface area contributed by atoms with Crippen molar-refractivity contribution in [2.75, 3.05) is 23.6 Å². The van der Waals surface area contributed by atoms with Crippen LogP contribution in [-0.4, -0.2) is 62.2 Å². The number of hydrogen-bond acceptors (Lipinski definition) is 10. The number of hydrazine groups is 1. The maximum absolute atomic E-state index is 15.2. The Kier molecular flexibility index (Phi) is 9.60. The van der Waals surface area contributed by atoms with Crippen LogP contribution in [0.15, 0.2) is 66.2 Å². The van der Waals surface area contributed by atoms with Gasteiger partial charge in [0.05, 0.1) is 39.7 Å². The lowest BCUT2D eigenvalue weighted by Crippen LogP contribution is -2.49. The van der Waals surface area contributed by atoms with Gasteiger partial charge in [0, 0.05) is 35.8 Å². The van der Waals surface area contributed by atoms with Crippen molar-refractivity contribution in [1.29, 1.82) is 0 Å². The summed E-state index contributed by atoms with van der Waals surface area (Å²) in [5.74, 6) is -7.10. The minimum Gasteiger partial charge on any atom is -0.504 e. The lowest BCUT2D eigenvalue weighted by atomic mass is 9.51. The largest absolute Gasteiger partial charge is 0.504 e. The van der Waals surface area contributed by atoms with E-state index in [1.54, 1.807) is 39.1 Å². The zero-order valence-electron chi connectivity index (χ0n) is 33.3. The van der Waals surface area contributed by atoms with Crippen molar-refractivity contribution in [3.05, 3.63) is 93.1 Å². The Labute approximate surface area is 361 Å². The van der Waals surface area contributed by atoms with Crippen LogP contribution in [0.5, 0.6) is 11.5 Å². The highest BCUT2D eigenvalue weighted by atomic mass is 35.5. The first-order valence-corrected chi connectivity index (χ1v) is 21.1. The number of anilines is 2. The summed E-state index contributed by atoms with van der Waals surface area (Å²) < 4.78 is 49.4. The predicted octanol–water partition coefficient (Wildman–Crippen LogP) is 8.72. The zero-order chi connectivity index (χ0) is 43.6. The number of allylic oxidation sites excluding steroid dienone is 2. The quantitative estimate of drug-likeness (QED) is 0.126. The molecule has 316 valence electrons. The summed E-state index contributed by atoms with van der Waals surface area (Å²) in [6.07, 6.45) is -2.90. The Balaban J connectivity index is 1.14. The smallest absolute Gasteiger partial charge is 0.433 e. The molecule has 3 aromatic heterocycles. The first-order chi connectivity index (χ1) is 28.9. The highest BCUT2D eigenvalue weighted by Crippen LogP contribution is 2.64. The Morgan fingerprint density at radius 2 is 1.77 bits per heavy atom. The summed E-state index contributed by atoms with van der Waals surface area (Å²) in [5.41, 5.74) is 0.00501. The van der Waals surface area contributed by atoms with Crippen LogP contribution in [0, 0.1) is 36.0 Å². The highest BCUT2D eigenvalue weighted by Gasteiger charge is 2.68. The number of aryl methyl sites for hydroxylation is 2. The summed E-state index contributed by atoms with van der Waals surface area (Å²) in [6, 6.07) is 13.8. The number of phenols is 1. The van der Waals surface area contributed by atoms with E-state index in [4.69, 9.17) is 33.0 Å². The number of carbonyl (C=O) groups excluding carboxylic acids is 4. The van der Waals surface area contributed by atoms with Crippen molar-refractivity contribution >= 4 is 79.9 Å². The number of rotatable bonds is 7. The molecule has 0 unspecified atom stereocenters. The molecule has 61 heavy (non-hydrogen) atoms. The first kappa shape index (κ1) is 40.9. The van der Waals surface area contributed by atoms with Crippen LogP contribution < -0.4 is 14.6 Å². The molecule has 2 aromatic carbocycles. The van der Waals surface area contributed by atoms with Gasteiger partial charge in [-0.1, -0.05) is 40.9 Å². The summed E-state index contributed by atoms with van der Waals surface area (Å²) in [6.45, 7) is 5.67. The minimum atomic E-state index is -4.82. The molecule has 4 aliphatic rings. The number of aromatic hydroxyl groups is 1. The van der Waals surface area contributed by atoms with Gasteiger partial charge in [-0.05, 0) is 98.5 Å². The average molecular weight is 894 g/mol. The maximum atomic E-state index is 15.2. The topological polar surface area (TPSA) is 138 Å². The molecule has 9 rings (SSSR count). The predicted molar refractivity (Wildman–Crippen MR) is 222 cm³/mol. The summed E-state index contributed by atoms with van der Waals surface area (Å²) in [4.78, 5) is 64.7. The number of imide groups is 2. The molecular formula is C43H37Cl2F3N6O6S. The Morgan fingerprint density at radius 3 is 2.49 bits per heavy atom. The number of thiophene rings is 1. The van der Waals surface area contributed by atoms with Crippen LogP contribution in [0.1, 0.15) is 49.4 Å². The molecular weight excluding hydrogens is 856 g/mol. The lowest BCUT2D eigenvalue weighted by molar-refractivity contribution is -0.141. The molecule has 1 N–H and O–H groups in total. The number of aromatic nitrogens is 3. The zero-order valence-corrected chi connectivity index (χ0v) is 35.6. The van der Waals surface area contributed by atoms with Gasteiger partial charge in [-0.15, -0.1) is 11.3 Å². The van der Waals surface area contributed by atoms with Gasteiger partial charge < -0.3 is 9.84 Å². The third-order valence-corrected chi connectivity index (χ3v) is 14.6. The number of benzene rings is 2.